The fourth-order valence-electron chi connectivity index (χ4n) is 3.13. The number of nitrogens with zero attached hydrogens (tertiary/aromatic N) is 1. The van der Waals surface area contributed by atoms with Crippen molar-refractivity contribution < 1.29 is 23.6 Å². The number of amides is 2. The molecule has 3 rings (SSSR count). The minimum atomic E-state index is -0.392. The Bertz CT molecular complexity index is 1120. The molecule has 1 heterocycles. The molecule has 0 spiro atoms. The molecule has 8 nitrogen and oxygen atoms in total. The first kappa shape index (κ1) is 22.9. The summed E-state index contributed by atoms with van der Waals surface area (Å²) in [6.45, 7) is 7.68. The van der Waals surface area contributed by atoms with Crippen LogP contribution in [0.5, 0.6) is 11.5 Å². The third-order valence-electron chi connectivity index (χ3n) is 5.27. The maximum absolute atomic E-state index is 12.5. The predicted molar refractivity (Wildman–Crippen MR) is 120 cm³/mol. The third kappa shape index (κ3) is 5.26. The Morgan fingerprint density at radius 2 is 1.84 bits per heavy atom. The number of aryl methyl sites for hydroxylation is 3. The molecule has 3 aromatic rings. The maximum atomic E-state index is 12.5. The van der Waals surface area contributed by atoms with Gasteiger partial charge >= 0.3 is 0 Å². The molecule has 0 aliphatic carbocycles. The van der Waals surface area contributed by atoms with Gasteiger partial charge in [0.15, 0.2) is 11.5 Å². The second-order valence-corrected chi connectivity index (χ2v) is 7.44. The summed E-state index contributed by atoms with van der Waals surface area (Å²) in [6.07, 6.45) is 0. The quantitative estimate of drug-likeness (QED) is 0.555. The van der Waals surface area contributed by atoms with Crippen LogP contribution in [0.4, 0.5) is 5.69 Å². The molecule has 2 amide bonds. The van der Waals surface area contributed by atoms with E-state index in [4.69, 9.17) is 14.0 Å². The zero-order chi connectivity index (χ0) is 23.3. The van der Waals surface area contributed by atoms with Crippen molar-refractivity contribution in [3.8, 4) is 11.5 Å². The van der Waals surface area contributed by atoms with Crippen LogP contribution in [0.1, 0.15) is 38.5 Å². The van der Waals surface area contributed by atoms with Crippen molar-refractivity contribution in [2.75, 3.05) is 19.0 Å². The van der Waals surface area contributed by atoms with Gasteiger partial charge in [0.2, 0.25) is 5.91 Å². The molecule has 0 radical (unpaired) electrons. The van der Waals surface area contributed by atoms with Crippen molar-refractivity contribution in [2.45, 2.75) is 34.3 Å². The number of methoxy groups -OCH3 is 1. The van der Waals surface area contributed by atoms with Crippen LogP contribution in [0.2, 0.25) is 0 Å². The molecule has 0 saturated carbocycles. The summed E-state index contributed by atoms with van der Waals surface area (Å²) >= 11 is 0. The predicted octanol–water partition coefficient (Wildman–Crippen LogP) is 3.86. The fraction of sp³-hybridized carbons (Fsp3) is 0.292. The molecule has 1 aromatic heterocycles. The Balaban J connectivity index is 1.60. The van der Waals surface area contributed by atoms with Gasteiger partial charge in [0.1, 0.15) is 12.4 Å². The van der Waals surface area contributed by atoms with Gasteiger partial charge in [0.05, 0.1) is 24.9 Å². The van der Waals surface area contributed by atoms with Crippen LogP contribution in [0.15, 0.2) is 40.9 Å². The Morgan fingerprint density at radius 1 is 1.06 bits per heavy atom. The largest absolute Gasteiger partial charge is 0.493 e. The van der Waals surface area contributed by atoms with Gasteiger partial charge in [-0.15, -0.1) is 0 Å². The summed E-state index contributed by atoms with van der Waals surface area (Å²) in [6, 6.07) is 10.5. The Kier molecular flexibility index (Phi) is 7.14. The molecule has 0 fully saturated rings. The van der Waals surface area contributed by atoms with Crippen LogP contribution >= 0.6 is 0 Å². The van der Waals surface area contributed by atoms with E-state index >= 15 is 0 Å². The number of benzene rings is 2. The number of aromatic nitrogens is 1. The average molecular weight is 437 g/mol. The van der Waals surface area contributed by atoms with Crippen molar-refractivity contribution in [1.29, 1.82) is 0 Å². The summed E-state index contributed by atoms with van der Waals surface area (Å²) in [7, 11) is 1.50. The highest BCUT2D eigenvalue weighted by molar-refractivity contribution is 6.00. The number of nitrogens with one attached hydrogen (secondary N) is 2. The van der Waals surface area contributed by atoms with Crippen LogP contribution in [0.25, 0.3) is 0 Å². The van der Waals surface area contributed by atoms with E-state index in [9.17, 15) is 9.59 Å². The first-order valence-electron chi connectivity index (χ1n) is 10.2. The second-order valence-electron chi connectivity index (χ2n) is 7.44. The summed E-state index contributed by atoms with van der Waals surface area (Å²) in [4.78, 5) is 24.8. The summed E-state index contributed by atoms with van der Waals surface area (Å²) < 4.78 is 16.3. The van der Waals surface area contributed by atoms with Crippen LogP contribution in [0.3, 0.4) is 0 Å². The highest BCUT2D eigenvalue weighted by atomic mass is 16.5. The van der Waals surface area contributed by atoms with Crippen molar-refractivity contribution in [3.05, 3.63) is 70.1 Å². The van der Waals surface area contributed by atoms with Gasteiger partial charge in [0, 0.05) is 11.3 Å². The van der Waals surface area contributed by atoms with Crippen LogP contribution in [-0.2, 0) is 11.4 Å². The lowest BCUT2D eigenvalue weighted by atomic mass is 10.1. The molecule has 0 atom stereocenters. The van der Waals surface area contributed by atoms with E-state index in [0.717, 1.165) is 28.1 Å². The zero-order valence-corrected chi connectivity index (χ0v) is 18.9. The zero-order valence-electron chi connectivity index (χ0n) is 18.9. The first-order valence-corrected chi connectivity index (χ1v) is 10.2. The first-order chi connectivity index (χ1) is 15.3. The SMILES string of the molecule is COc1cc(C(=O)NCC(=O)Nc2cccc(C)c2C)ccc1OCc1c(C)noc1C. The lowest BCUT2D eigenvalue weighted by Crippen LogP contribution is -2.33. The van der Waals surface area contributed by atoms with Crippen molar-refractivity contribution in [2.24, 2.45) is 0 Å². The van der Waals surface area contributed by atoms with Gasteiger partial charge in [-0.05, 0) is 63.1 Å². The molecule has 168 valence electrons. The molecule has 8 heteroatoms. The number of carbonyl (C=O) groups excluding carboxylic acids is 2. The number of hydrogen-bond donors (Lipinski definition) is 2. The summed E-state index contributed by atoms with van der Waals surface area (Å²) in [5.74, 6) is 0.882. The van der Waals surface area contributed by atoms with E-state index in [1.54, 1.807) is 18.2 Å². The Morgan fingerprint density at radius 3 is 2.53 bits per heavy atom. The van der Waals surface area contributed by atoms with Gasteiger partial charge in [0.25, 0.3) is 5.91 Å². The molecule has 2 aromatic carbocycles. The fourth-order valence-corrected chi connectivity index (χ4v) is 3.13. The standard InChI is InChI=1S/C24H27N3O5/c1-14-7-6-8-20(15(14)2)26-23(28)12-25-24(29)18-9-10-21(22(11-18)30-5)31-13-19-16(3)27-32-17(19)4/h6-11H,12-13H2,1-5H3,(H,25,29)(H,26,28). The van der Waals surface area contributed by atoms with E-state index in [2.05, 4.69) is 15.8 Å². The molecule has 0 bridgehead atoms. The lowest BCUT2D eigenvalue weighted by molar-refractivity contribution is -0.115. The van der Waals surface area contributed by atoms with E-state index in [1.807, 2.05) is 45.9 Å². The van der Waals surface area contributed by atoms with Crippen LogP contribution < -0.4 is 20.1 Å². The topological polar surface area (TPSA) is 103 Å². The number of hydrogen-bond acceptors (Lipinski definition) is 6. The van der Waals surface area contributed by atoms with Crippen LogP contribution in [-0.4, -0.2) is 30.6 Å². The molecular formula is C24H27N3O5. The van der Waals surface area contributed by atoms with Gasteiger partial charge < -0.3 is 24.6 Å². The van der Waals surface area contributed by atoms with E-state index < -0.39 is 5.91 Å². The minimum absolute atomic E-state index is 0.154. The molecule has 0 unspecified atom stereocenters. The number of rotatable bonds is 8. The molecule has 32 heavy (non-hydrogen) atoms. The molecule has 2 N–H and O–H groups in total. The second kappa shape index (κ2) is 10.00. The minimum Gasteiger partial charge on any atom is -0.493 e. The average Bonchev–Trinajstić information content (AvgIpc) is 3.10. The van der Waals surface area contributed by atoms with Crippen molar-refractivity contribution in [1.82, 2.24) is 10.5 Å². The lowest BCUT2D eigenvalue weighted by Gasteiger charge is -2.13. The third-order valence-corrected chi connectivity index (χ3v) is 5.27. The maximum Gasteiger partial charge on any atom is 0.251 e. The Labute approximate surface area is 186 Å². The van der Waals surface area contributed by atoms with Gasteiger partial charge in [-0.1, -0.05) is 17.3 Å². The molecule has 0 aliphatic rings. The van der Waals surface area contributed by atoms with Crippen LogP contribution in [0, 0.1) is 27.7 Å². The van der Waals surface area contributed by atoms with Crippen molar-refractivity contribution in [3.63, 3.8) is 0 Å². The number of carbonyl (C=O) groups is 2. The van der Waals surface area contributed by atoms with Crippen molar-refractivity contribution >= 4 is 17.5 Å². The molecule has 0 saturated heterocycles. The van der Waals surface area contributed by atoms with Gasteiger partial charge in [-0.2, -0.15) is 0 Å². The molecule has 0 aliphatic heterocycles. The van der Waals surface area contributed by atoms with E-state index in [1.165, 1.54) is 7.11 Å². The highest BCUT2D eigenvalue weighted by Gasteiger charge is 2.15. The summed E-state index contributed by atoms with van der Waals surface area (Å²) in [5, 5.41) is 9.35. The smallest absolute Gasteiger partial charge is 0.251 e. The van der Waals surface area contributed by atoms with E-state index in [-0.39, 0.29) is 19.1 Å². The normalized spacial score (nSPS) is 10.5. The number of anilines is 1. The highest BCUT2D eigenvalue weighted by Crippen LogP contribution is 2.29. The number of ether oxygens (including phenoxy) is 2. The molecular weight excluding hydrogens is 410 g/mol. The monoisotopic (exact) mass is 437 g/mol. The van der Waals surface area contributed by atoms with Gasteiger partial charge in [-0.3, -0.25) is 9.59 Å². The van der Waals surface area contributed by atoms with Gasteiger partial charge in [-0.25, -0.2) is 0 Å². The summed E-state index contributed by atoms with van der Waals surface area (Å²) in [5.41, 5.74) is 4.77. The van der Waals surface area contributed by atoms with E-state index in [0.29, 0.717) is 22.8 Å². The Hall–Kier alpha value is -3.81.